The number of fused-ring (bicyclic) bond motifs is 1. The molecule has 0 unspecified atom stereocenters. The third-order valence-electron chi connectivity index (χ3n) is 5.07. The number of sulfonamides is 1. The first-order valence-electron chi connectivity index (χ1n) is 9.20. The van der Waals surface area contributed by atoms with E-state index in [1.54, 1.807) is 14.0 Å². The Hall–Kier alpha value is -1.67. The molecule has 0 aliphatic carbocycles. The number of imidazole rings is 1. The van der Waals surface area contributed by atoms with E-state index in [0.717, 1.165) is 37.4 Å². The highest BCUT2D eigenvalue weighted by Crippen LogP contribution is 2.26. The van der Waals surface area contributed by atoms with Gasteiger partial charge in [-0.2, -0.15) is 5.10 Å². The first-order chi connectivity index (χ1) is 12.2. The van der Waals surface area contributed by atoms with Crippen molar-refractivity contribution in [3.8, 4) is 0 Å². The molecule has 7 nitrogen and oxygen atoms in total. The van der Waals surface area contributed by atoms with Gasteiger partial charge < -0.3 is 4.57 Å². The van der Waals surface area contributed by atoms with Gasteiger partial charge in [0.25, 0.3) is 0 Å². The fourth-order valence-corrected chi connectivity index (χ4v) is 5.39. The van der Waals surface area contributed by atoms with Crippen LogP contribution in [0.4, 0.5) is 0 Å². The van der Waals surface area contributed by atoms with Crippen molar-refractivity contribution in [1.29, 1.82) is 0 Å². The Labute approximate surface area is 156 Å². The van der Waals surface area contributed by atoms with Crippen molar-refractivity contribution in [3.63, 3.8) is 0 Å². The molecule has 144 valence electrons. The molecule has 2 aromatic heterocycles. The molecule has 0 amide bonds. The summed E-state index contributed by atoms with van der Waals surface area (Å²) in [5.74, 6) is 1.80. The molecule has 26 heavy (non-hydrogen) atoms. The molecule has 3 heterocycles. The summed E-state index contributed by atoms with van der Waals surface area (Å²) in [5.41, 5.74) is 1.30. The minimum Gasteiger partial charge on any atom is -0.335 e. The van der Waals surface area contributed by atoms with E-state index in [2.05, 4.69) is 28.5 Å². The first-order valence-corrected chi connectivity index (χ1v) is 10.6. The molecular weight excluding hydrogens is 350 g/mol. The Morgan fingerprint density at radius 3 is 2.77 bits per heavy atom. The van der Waals surface area contributed by atoms with Crippen LogP contribution in [0.3, 0.4) is 0 Å². The maximum Gasteiger partial charge on any atom is 0.246 e. The van der Waals surface area contributed by atoms with Gasteiger partial charge in [-0.3, -0.25) is 4.68 Å². The number of rotatable bonds is 6. The molecule has 0 N–H and O–H groups in total. The van der Waals surface area contributed by atoms with Crippen molar-refractivity contribution in [3.05, 3.63) is 29.6 Å². The van der Waals surface area contributed by atoms with Crippen molar-refractivity contribution < 1.29 is 8.42 Å². The smallest absolute Gasteiger partial charge is 0.246 e. The van der Waals surface area contributed by atoms with Crippen molar-refractivity contribution in [2.24, 2.45) is 11.8 Å². The van der Waals surface area contributed by atoms with E-state index in [-0.39, 0.29) is 0 Å². The van der Waals surface area contributed by atoms with Crippen LogP contribution < -0.4 is 0 Å². The van der Waals surface area contributed by atoms with Crippen LogP contribution in [0.1, 0.15) is 37.5 Å². The van der Waals surface area contributed by atoms with E-state index >= 15 is 0 Å². The summed E-state index contributed by atoms with van der Waals surface area (Å²) in [6.07, 6.45) is 5.64. The van der Waals surface area contributed by atoms with Gasteiger partial charge in [-0.25, -0.2) is 17.7 Å². The van der Waals surface area contributed by atoms with Crippen LogP contribution in [0, 0.1) is 25.7 Å². The lowest BCUT2D eigenvalue weighted by molar-refractivity contribution is 0.303. The molecule has 1 aliphatic heterocycles. The van der Waals surface area contributed by atoms with Crippen molar-refractivity contribution in [1.82, 2.24) is 23.6 Å². The first kappa shape index (κ1) is 19.1. The molecule has 1 aliphatic rings. The molecule has 0 spiro atoms. The summed E-state index contributed by atoms with van der Waals surface area (Å²) in [6, 6.07) is 0. The number of hydrogen-bond donors (Lipinski definition) is 0. The van der Waals surface area contributed by atoms with E-state index in [4.69, 9.17) is 0 Å². The van der Waals surface area contributed by atoms with Crippen LogP contribution >= 0.6 is 0 Å². The highest BCUT2D eigenvalue weighted by Gasteiger charge is 2.31. The summed E-state index contributed by atoms with van der Waals surface area (Å²) in [7, 11) is -1.88. The van der Waals surface area contributed by atoms with Gasteiger partial charge >= 0.3 is 0 Å². The van der Waals surface area contributed by atoms with Gasteiger partial charge in [-0.1, -0.05) is 13.8 Å². The van der Waals surface area contributed by atoms with E-state index in [9.17, 15) is 8.42 Å². The van der Waals surface area contributed by atoms with Gasteiger partial charge in [0.15, 0.2) is 0 Å². The van der Waals surface area contributed by atoms with Crippen LogP contribution in [0.2, 0.25) is 0 Å². The summed E-state index contributed by atoms with van der Waals surface area (Å²) < 4.78 is 31.8. The van der Waals surface area contributed by atoms with Crippen LogP contribution in [-0.2, 0) is 29.5 Å². The van der Waals surface area contributed by atoms with Crippen LogP contribution in [0.25, 0.3) is 0 Å². The standard InChI is InChI=1S/C18H29N5O2S/c1-13(2)10-23-15(4)18(14(3)20-23)26(24,25)21(5)11-16-6-7-17-19-8-9-22(17)12-16/h8-9,13,16H,6-7,10-12H2,1-5H3/t16-/m1/s1. The van der Waals surface area contributed by atoms with E-state index in [1.165, 1.54) is 4.31 Å². The molecule has 0 saturated heterocycles. The van der Waals surface area contributed by atoms with E-state index in [0.29, 0.717) is 29.0 Å². The number of nitrogens with zero attached hydrogens (tertiary/aromatic N) is 5. The minimum absolute atomic E-state index is 0.294. The molecule has 2 aromatic rings. The lowest BCUT2D eigenvalue weighted by atomic mass is 10.00. The second kappa shape index (κ2) is 7.15. The SMILES string of the molecule is Cc1nn(CC(C)C)c(C)c1S(=O)(=O)N(C)C[C@H]1CCc2nccn2C1. The zero-order valence-corrected chi connectivity index (χ0v) is 17.1. The Morgan fingerprint density at radius 2 is 2.08 bits per heavy atom. The summed E-state index contributed by atoms with van der Waals surface area (Å²) in [4.78, 5) is 4.70. The maximum atomic E-state index is 13.2. The summed E-state index contributed by atoms with van der Waals surface area (Å²) in [5, 5.41) is 4.47. The zero-order valence-electron chi connectivity index (χ0n) is 16.3. The summed E-state index contributed by atoms with van der Waals surface area (Å²) >= 11 is 0. The fraction of sp³-hybridized carbons (Fsp3) is 0.667. The second-order valence-electron chi connectivity index (χ2n) is 7.76. The molecule has 3 rings (SSSR count). The van der Waals surface area contributed by atoms with Gasteiger partial charge in [0.2, 0.25) is 10.0 Å². The van der Waals surface area contributed by atoms with Gasteiger partial charge in [-0.05, 0) is 32.1 Å². The predicted octanol–water partition coefficient (Wildman–Crippen LogP) is 2.24. The Bertz CT molecular complexity index is 882. The van der Waals surface area contributed by atoms with Crippen molar-refractivity contribution in [2.75, 3.05) is 13.6 Å². The maximum absolute atomic E-state index is 13.2. The molecule has 0 bridgehead atoms. The number of aryl methyl sites for hydroxylation is 2. The van der Waals surface area contributed by atoms with Crippen LogP contribution in [0.15, 0.2) is 17.3 Å². The van der Waals surface area contributed by atoms with Crippen LogP contribution in [-0.4, -0.2) is 45.6 Å². The van der Waals surface area contributed by atoms with Crippen molar-refractivity contribution >= 4 is 10.0 Å². The highest BCUT2D eigenvalue weighted by atomic mass is 32.2. The monoisotopic (exact) mass is 379 g/mol. The minimum atomic E-state index is -3.55. The molecule has 0 radical (unpaired) electrons. The Morgan fingerprint density at radius 1 is 1.35 bits per heavy atom. The molecule has 1 atom stereocenters. The van der Waals surface area contributed by atoms with Gasteiger partial charge in [0, 0.05) is 45.5 Å². The third kappa shape index (κ3) is 3.57. The highest BCUT2D eigenvalue weighted by molar-refractivity contribution is 7.89. The predicted molar refractivity (Wildman–Crippen MR) is 100 cm³/mol. The largest absolute Gasteiger partial charge is 0.335 e. The lowest BCUT2D eigenvalue weighted by Gasteiger charge is -2.27. The fourth-order valence-electron chi connectivity index (χ4n) is 3.78. The molecule has 0 fully saturated rings. The lowest BCUT2D eigenvalue weighted by Crippen LogP contribution is -2.35. The van der Waals surface area contributed by atoms with Crippen molar-refractivity contribution in [2.45, 2.75) is 58.5 Å². The number of aromatic nitrogens is 4. The quantitative estimate of drug-likeness (QED) is 0.771. The van der Waals surface area contributed by atoms with Gasteiger partial charge in [-0.15, -0.1) is 0 Å². The third-order valence-corrected chi connectivity index (χ3v) is 7.15. The van der Waals surface area contributed by atoms with E-state index in [1.807, 2.05) is 24.0 Å². The van der Waals surface area contributed by atoms with Crippen LogP contribution in [0.5, 0.6) is 0 Å². The normalized spacial score (nSPS) is 17.9. The molecule has 8 heteroatoms. The van der Waals surface area contributed by atoms with Gasteiger partial charge in [0.05, 0.1) is 11.4 Å². The second-order valence-corrected chi connectivity index (χ2v) is 9.74. The van der Waals surface area contributed by atoms with E-state index < -0.39 is 10.0 Å². The topological polar surface area (TPSA) is 73.0 Å². The zero-order chi connectivity index (χ0) is 19.1. The molecule has 0 aromatic carbocycles. The van der Waals surface area contributed by atoms with Gasteiger partial charge in [0.1, 0.15) is 10.7 Å². The Balaban J connectivity index is 1.79. The average Bonchev–Trinajstić information content (AvgIpc) is 3.11. The molecule has 0 saturated carbocycles. The average molecular weight is 380 g/mol. The Kier molecular flexibility index (Phi) is 5.25. The molecular formula is C18H29N5O2S. The number of hydrogen-bond acceptors (Lipinski definition) is 4. The summed E-state index contributed by atoms with van der Waals surface area (Å²) in [6.45, 7) is 9.88.